The number of carbonyl (C=O) groups excluding carboxylic acids is 3. The molecule has 0 aliphatic carbocycles. The summed E-state index contributed by atoms with van der Waals surface area (Å²) in [6.45, 7) is 2.09. The number of rotatable bonds is 11. The highest BCUT2D eigenvalue weighted by Crippen LogP contribution is 2.32. The first kappa shape index (κ1) is 28.6. The van der Waals surface area contributed by atoms with E-state index in [1.54, 1.807) is 74.8 Å². The molecular formula is C30H35N3O5. The highest BCUT2D eigenvalue weighted by Gasteiger charge is 2.20. The number of amides is 3. The highest BCUT2D eigenvalue weighted by atomic mass is 16.5. The lowest BCUT2D eigenvalue weighted by Gasteiger charge is -2.18. The maximum atomic E-state index is 12.6. The second-order valence-corrected chi connectivity index (χ2v) is 9.37. The summed E-state index contributed by atoms with van der Waals surface area (Å²) >= 11 is 0. The highest BCUT2D eigenvalue weighted by molar-refractivity contribution is 6.05. The second-order valence-electron chi connectivity index (χ2n) is 9.37. The third kappa shape index (κ3) is 7.06. The normalized spacial score (nSPS) is 11.5. The van der Waals surface area contributed by atoms with Crippen molar-refractivity contribution >= 4 is 23.4 Å². The number of nitrogens with zero attached hydrogens (tertiary/aromatic N) is 1. The Hall–Kier alpha value is -4.01. The fraction of sp³-hybridized carbons (Fsp3) is 0.300. The first-order valence-corrected chi connectivity index (χ1v) is 12.7. The lowest BCUT2D eigenvalue weighted by molar-refractivity contribution is -0.120. The Morgan fingerprint density at radius 3 is 2.29 bits per heavy atom. The van der Waals surface area contributed by atoms with E-state index in [0.717, 1.165) is 31.2 Å². The van der Waals surface area contributed by atoms with Crippen LogP contribution in [0.25, 0.3) is 11.1 Å². The molecule has 38 heavy (non-hydrogen) atoms. The van der Waals surface area contributed by atoms with Crippen molar-refractivity contribution in [1.82, 2.24) is 10.2 Å². The van der Waals surface area contributed by atoms with E-state index in [1.807, 2.05) is 0 Å². The van der Waals surface area contributed by atoms with Gasteiger partial charge in [-0.25, -0.2) is 0 Å². The van der Waals surface area contributed by atoms with E-state index < -0.39 is 12.0 Å². The number of imide groups is 1. The van der Waals surface area contributed by atoms with Gasteiger partial charge in [0.05, 0.1) is 5.69 Å². The maximum Gasteiger partial charge on any atom is 0.257 e. The predicted molar refractivity (Wildman–Crippen MR) is 147 cm³/mol. The Morgan fingerprint density at radius 2 is 1.63 bits per heavy atom. The average Bonchev–Trinajstić information content (AvgIpc) is 2.94. The van der Waals surface area contributed by atoms with Crippen LogP contribution in [0.2, 0.25) is 0 Å². The largest absolute Gasteiger partial charge is 0.384 e. The Balaban J connectivity index is 1.76. The van der Waals surface area contributed by atoms with Crippen LogP contribution in [-0.4, -0.2) is 47.0 Å². The first-order chi connectivity index (χ1) is 18.3. The van der Waals surface area contributed by atoms with Gasteiger partial charge >= 0.3 is 0 Å². The molecule has 8 nitrogen and oxygen atoms in total. The van der Waals surface area contributed by atoms with E-state index in [-0.39, 0.29) is 17.4 Å². The van der Waals surface area contributed by atoms with E-state index in [9.17, 15) is 24.7 Å². The Labute approximate surface area is 223 Å². The topological polar surface area (TPSA) is 119 Å². The lowest BCUT2D eigenvalue weighted by Crippen LogP contribution is -2.30. The average molecular weight is 518 g/mol. The van der Waals surface area contributed by atoms with Crippen LogP contribution in [0.3, 0.4) is 0 Å². The van der Waals surface area contributed by atoms with Gasteiger partial charge in [-0.05, 0) is 41.3 Å². The van der Waals surface area contributed by atoms with Crippen molar-refractivity contribution in [3.63, 3.8) is 0 Å². The van der Waals surface area contributed by atoms with Crippen LogP contribution in [0.1, 0.15) is 77.0 Å². The SMILES string of the molecule is CCCCCCC(=O)NC(=O)c1ccc(-c2ccc(C(O)c3ccccc3C(=O)N(C)C)cc2)c(NO)c1. The van der Waals surface area contributed by atoms with Crippen molar-refractivity contribution < 1.29 is 24.7 Å². The fourth-order valence-corrected chi connectivity index (χ4v) is 4.20. The van der Waals surface area contributed by atoms with Crippen molar-refractivity contribution in [3.8, 4) is 11.1 Å². The molecule has 0 aliphatic rings. The Kier molecular flexibility index (Phi) is 10.2. The number of unbranched alkanes of at least 4 members (excludes halogenated alkanes) is 3. The van der Waals surface area contributed by atoms with Gasteiger partial charge in [-0.1, -0.05) is 74.7 Å². The summed E-state index contributed by atoms with van der Waals surface area (Å²) in [5, 5.41) is 23.1. The van der Waals surface area contributed by atoms with Crippen LogP contribution < -0.4 is 10.8 Å². The lowest BCUT2D eigenvalue weighted by atomic mass is 9.94. The molecule has 3 rings (SSSR count). The predicted octanol–water partition coefficient (Wildman–Crippen LogP) is 5.17. The van der Waals surface area contributed by atoms with Crippen molar-refractivity contribution in [2.75, 3.05) is 19.6 Å². The Morgan fingerprint density at radius 1 is 0.921 bits per heavy atom. The van der Waals surface area contributed by atoms with Gasteiger partial charge in [0.25, 0.3) is 11.8 Å². The Bertz CT molecular complexity index is 1270. The fourth-order valence-electron chi connectivity index (χ4n) is 4.20. The van der Waals surface area contributed by atoms with Crippen molar-refractivity contribution in [1.29, 1.82) is 0 Å². The van der Waals surface area contributed by atoms with Crippen molar-refractivity contribution in [2.45, 2.75) is 45.1 Å². The number of carbonyl (C=O) groups is 3. The summed E-state index contributed by atoms with van der Waals surface area (Å²) in [5.41, 5.74) is 5.54. The van der Waals surface area contributed by atoms with Gasteiger partial charge in [-0.3, -0.25) is 30.4 Å². The summed E-state index contributed by atoms with van der Waals surface area (Å²) in [6, 6.07) is 18.7. The summed E-state index contributed by atoms with van der Waals surface area (Å²) in [6.07, 6.45) is 3.09. The minimum absolute atomic E-state index is 0.197. The number of aliphatic hydroxyl groups excluding tert-OH is 1. The second kappa shape index (κ2) is 13.5. The zero-order valence-electron chi connectivity index (χ0n) is 22.0. The summed E-state index contributed by atoms with van der Waals surface area (Å²) < 4.78 is 0. The van der Waals surface area contributed by atoms with E-state index >= 15 is 0 Å². The number of aliphatic hydroxyl groups is 1. The van der Waals surface area contributed by atoms with E-state index in [4.69, 9.17) is 0 Å². The van der Waals surface area contributed by atoms with Crippen LogP contribution >= 0.6 is 0 Å². The number of hydrogen-bond acceptors (Lipinski definition) is 6. The molecule has 3 amide bonds. The molecule has 0 heterocycles. The molecule has 0 saturated heterocycles. The molecule has 3 aromatic rings. The number of anilines is 1. The molecule has 0 aliphatic heterocycles. The molecule has 0 saturated carbocycles. The molecular weight excluding hydrogens is 482 g/mol. The van der Waals surface area contributed by atoms with Crippen LogP contribution in [0, 0.1) is 0 Å². The zero-order valence-corrected chi connectivity index (χ0v) is 22.0. The van der Waals surface area contributed by atoms with E-state index in [2.05, 4.69) is 17.7 Å². The van der Waals surface area contributed by atoms with E-state index in [1.165, 1.54) is 11.0 Å². The molecule has 0 fully saturated rings. The number of hydrogen-bond donors (Lipinski definition) is 4. The zero-order chi connectivity index (χ0) is 27.7. The van der Waals surface area contributed by atoms with Crippen LogP contribution in [0.4, 0.5) is 5.69 Å². The maximum absolute atomic E-state index is 12.6. The third-order valence-electron chi connectivity index (χ3n) is 6.34. The molecule has 0 aromatic heterocycles. The molecule has 1 unspecified atom stereocenters. The third-order valence-corrected chi connectivity index (χ3v) is 6.34. The summed E-state index contributed by atoms with van der Waals surface area (Å²) in [5.74, 6) is -1.05. The number of nitrogens with one attached hydrogen (secondary N) is 2. The van der Waals surface area contributed by atoms with Crippen molar-refractivity contribution in [3.05, 3.63) is 89.0 Å². The summed E-state index contributed by atoms with van der Waals surface area (Å²) in [7, 11) is 3.32. The van der Waals surface area contributed by atoms with Crippen LogP contribution in [-0.2, 0) is 4.79 Å². The van der Waals surface area contributed by atoms with Gasteiger partial charge < -0.3 is 10.0 Å². The number of benzene rings is 3. The standard InChI is InChI=1S/C30H35N3O5/c1-4-5-6-7-12-27(34)31-29(36)22-17-18-23(26(19-22)32-38)20-13-15-21(16-14-20)28(35)24-10-8-9-11-25(24)30(37)33(2)3/h8-11,13-19,28,32,35,38H,4-7,12H2,1-3H3,(H,31,34,36). The van der Waals surface area contributed by atoms with Gasteiger partial charge in [0.15, 0.2) is 0 Å². The van der Waals surface area contributed by atoms with Gasteiger partial charge in [-0.2, -0.15) is 0 Å². The molecule has 0 spiro atoms. The molecule has 1 atom stereocenters. The van der Waals surface area contributed by atoms with Crippen LogP contribution in [0.15, 0.2) is 66.7 Å². The molecule has 200 valence electrons. The minimum Gasteiger partial charge on any atom is -0.384 e. The smallest absolute Gasteiger partial charge is 0.257 e. The molecule has 3 aromatic carbocycles. The molecule has 0 bridgehead atoms. The molecule has 0 radical (unpaired) electrons. The quantitative estimate of drug-likeness (QED) is 0.206. The van der Waals surface area contributed by atoms with Gasteiger partial charge in [0, 0.05) is 37.2 Å². The molecule has 8 heteroatoms. The summed E-state index contributed by atoms with van der Waals surface area (Å²) in [4.78, 5) is 38.6. The van der Waals surface area contributed by atoms with Gasteiger partial charge in [0.2, 0.25) is 5.91 Å². The van der Waals surface area contributed by atoms with Gasteiger partial charge in [-0.15, -0.1) is 0 Å². The molecule has 4 N–H and O–H groups in total. The monoisotopic (exact) mass is 517 g/mol. The van der Waals surface area contributed by atoms with E-state index in [0.29, 0.717) is 34.4 Å². The van der Waals surface area contributed by atoms with Crippen LogP contribution in [0.5, 0.6) is 0 Å². The first-order valence-electron chi connectivity index (χ1n) is 12.7. The van der Waals surface area contributed by atoms with Crippen molar-refractivity contribution in [2.24, 2.45) is 0 Å². The minimum atomic E-state index is -1.01. The van der Waals surface area contributed by atoms with Gasteiger partial charge in [0.1, 0.15) is 6.10 Å².